The summed E-state index contributed by atoms with van der Waals surface area (Å²) < 4.78 is 30.9. The lowest BCUT2D eigenvalue weighted by atomic mass is 10.0. The average molecular weight is 347 g/mol. The van der Waals surface area contributed by atoms with E-state index in [1.807, 2.05) is 27.7 Å². The van der Waals surface area contributed by atoms with Crippen molar-refractivity contribution in [2.45, 2.75) is 45.8 Å². The lowest BCUT2D eigenvalue weighted by molar-refractivity contribution is 0.00173. The van der Waals surface area contributed by atoms with E-state index in [9.17, 15) is 0 Å². The minimum absolute atomic E-state index is 0.492. The molecule has 22 heavy (non-hydrogen) atoms. The summed E-state index contributed by atoms with van der Waals surface area (Å²) >= 11 is 0. The Morgan fingerprint density at radius 3 is 1.73 bits per heavy atom. The Morgan fingerprint density at radius 2 is 1.36 bits per heavy atom. The Labute approximate surface area is 136 Å². The fourth-order valence-electron chi connectivity index (χ4n) is 2.79. The van der Waals surface area contributed by atoms with E-state index in [0.717, 1.165) is 12.5 Å². The third kappa shape index (κ3) is 3.61. The van der Waals surface area contributed by atoms with Gasteiger partial charge in [0, 0.05) is 26.4 Å². The van der Waals surface area contributed by atoms with E-state index in [1.54, 1.807) is 12.2 Å². The highest BCUT2D eigenvalue weighted by Gasteiger charge is 2.72. The van der Waals surface area contributed by atoms with Crippen LogP contribution in [0.2, 0.25) is 6.04 Å². The molecule has 0 atom stereocenters. The predicted octanol–water partition coefficient (Wildman–Crippen LogP) is 3.12. The zero-order valence-electron chi connectivity index (χ0n) is 14.4. The Kier molecular flexibility index (Phi) is 7.66. The molecule has 0 saturated carbocycles. The summed E-state index contributed by atoms with van der Waals surface area (Å²) in [6.07, 6.45) is 4.27. The molecule has 0 aromatic heterocycles. The molecule has 0 aromatic rings. The van der Waals surface area contributed by atoms with E-state index in [0.29, 0.717) is 26.4 Å². The van der Waals surface area contributed by atoms with Gasteiger partial charge in [0.25, 0.3) is 0 Å². The van der Waals surface area contributed by atoms with Crippen LogP contribution in [0, 0.1) is 0 Å². The van der Waals surface area contributed by atoms with Crippen molar-refractivity contribution in [1.82, 2.24) is 0 Å². The molecule has 0 bridgehead atoms. The Hall–Kier alpha value is -0.286. The Balaban J connectivity index is 3.33. The maximum atomic E-state index is 6.43. The molecular weight excluding hydrogens is 316 g/mol. The van der Waals surface area contributed by atoms with E-state index < -0.39 is 22.0 Å². The fourth-order valence-corrected chi connectivity index (χ4v) is 14.2. The van der Waals surface area contributed by atoms with Gasteiger partial charge in [0.15, 0.2) is 0 Å². The summed E-state index contributed by atoms with van der Waals surface area (Å²) in [5.41, 5.74) is -0.638. The maximum Gasteiger partial charge on any atom is 0.540 e. The van der Waals surface area contributed by atoms with Crippen LogP contribution in [0.5, 0.6) is 0 Å². The van der Waals surface area contributed by atoms with Crippen molar-refractivity contribution in [3.8, 4) is 0 Å². The molecule has 0 N–H and O–H groups in total. The van der Waals surface area contributed by atoms with Crippen molar-refractivity contribution in [3.05, 3.63) is 25.3 Å². The molecule has 0 radical (unpaired) electrons. The monoisotopic (exact) mass is 346 g/mol. The zero-order valence-corrected chi connectivity index (χ0v) is 16.4. The summed E-state index contributed by atoms with van der Waals surface area (Å²) in [6.45, 7) is 17.7. The van der Waals surface area contributed by atoms with Crippen LogP contribution in [0.4, 0.5) is 0 Å². The largest absolute Gasteiger partial charge is 0.540 e. The number of hydrogen-bond donors (Lipinski definition) is 0. The van der Waals surface area contributed by atoms with E-state index in [1.165, 1.54) is 0 Å². The Bertz CT molecular complexity index is 355. The molecule has 1 fully saturated rings. The third-order valence-corrected chi connectivity index (χ3v) is 14.7. The van der Waals surface area contributed by atoms with Crippen molar-refractivity contribution in [1.29, 1.82) is 0 Å². The summed E-state index contributed by atoms with van der Waals surface area (Å²) in [6, 6.07) is 0.749. The summed E-state index contributed by atoms with van der Waals surface area (Å²) in [5, 5.41) is 0. The third-order valence-electron chi connectivity index (χ3n) is 3.75. The Morgan fingerprint density at radius 1 is 0.909 bits per heavy atom. The molecule has 1 heterocycles. The van der Waals surface area contributed by atoms with Gasteiger partial charge in [0.05, 0.1) is 5.60 Å². The van der Waals surface area contributed by atoms with Crippen molar-refractivity contribution < 1.29 is 22.1 Å². The van der Waals surface area contributed by atoms with Crippen LogP contribution in [0.25, 0.3) is 0 Å². The minimum atomic E-state index is -3.13. The van der Waals surface area contributed by atoms with Gasteiger partial charge in [-0.1, -0.05) is 25.3 Å². The van der Waals surface area contributed by atoms with E-state index in [2.05, 4.69) is 13.2 Å². The van der Waals surface area contributed by atoms with Crippen molar-refractivity contribution >= 4 is 16.4 Å². The van der Waals surface area contributed by atoms with Gasteiger partial charge in [0.1, 0.15) is 0 Å². The number of hydrogen-bond acceptors (Lipinski definition) is 5. The van der Waals surface area contributed by atoms with E-state index >= 15 is 0 Å². The maximum absolute atomic E-state index is 6.43. The summed E-state index contributed by atoms with van der Waals surface area (Å²) in [4.78, 5) is 0. The highest BCUT2D eigenvalue weighted by atomic mass is 29.3. The van der Waals surface area contributed by atoms with Crippen LogP contribution in [0.1, 0.15) is 34.1 Å². The van der Waals surface area contributed by atoms with Crippen LogP contribution in [-0.4, -0.2) is 48.4 Å². The molecular formula is C15H30O5Si2. The van der Waals surface area contributed by atoms with Gasteiger partial charge in [0.2, 0.25) is 0 Å². The molecule has 128 valence electrons. The normalized spacial score (nSPS) is 22.2. The molecule has 5 nitrogen and oxygen atoms in total. The second-order valence-corrected chi connectivity index (χ2v) is 13.6. The van der Waals surface area contributed by atoms with Crippen LogP contribution < -0.4 is 0 Å². The first-order valence-corrected chi connectivity index (χ1v) is 12.8. The lowest BCUT2D eigenvalue weighted by Crippen LogP contribution is -2.76. The fraction of sp³-hybridized carbons (Fsp3) is 0.733. The zero-order chi connectivity index (χ0) is 16.7. The van der Waals surface area contributed by atoms with Gasteiger partial charge in [-0.15, -0.1) is 0 Å². The predicted molar refractivity (Wildman–Crippen MR) is 91.6 cm³/mol. The second kappa shape index (κ2) is 8.53. The summed E-state index contributed by atoms with van der Waals surface area (Å²) in [5.74, 6) is 0. The molecule has 0 spiro atoms. The van der Waals surface area contributed by atoms with Crippen LogP contribution in [-0.2, 0) is 22.1 Å². The molecule has 0 aliphatic carbocycles. The quantitative estimate of drug-likeness (QED) is 0.449. The molecule has 1 aliphatic rings. The topological polar surface area (TPSA) is 46.2 Å². The average Bonchev–Trinajstić information content (AvgIpc) is 2.51. The van der Waals surface area contributed by atoms with E-state index in [-0.39, 0.29) is 0 Å². The SMILES string of the molecule is C=CC1(C=C)CC[Si](OCC)(OCC)[Si](OCC)(OCC)O1. The molecule has 1 aliphatic heterocycles. The van der Waals surface area contributed by atoms with Gasteiger partial charge in [-0.05, 0) is 40.2 Å². The molecule has 7 heteroatoms. The minimum Gasteiger partial charge on any atom is -0.392 e. The highest BCUT2D eigenvalue weighted by Crippen LogP contribution is 2.42. The standard InChI is InChI=1S/C15H30O5Si2/c1-7-15(8-2)13-14-21(16-9-3,17-10-4)22(20-15,18-11-5)19-12-6/h7-8H,1-2,9-14H2,3-6H3. The van der Waals surface area contributed by atoms with Gasteiger partial charge in [-0.25, -0.2) is 0 Å². The van der Waals surface area contributed by atoms with Crippen LogP contribution >= 0.6 is 0 Å². The van der Waals surface area contributed by atoms with Gasteiger partial charge < -0.3 is 22.1 Å². The lowest BCUT2D eigenvalue weighted by Gasteiger charge is -2.50. The van der Waals surface area contributed by atoms with Gasteiger partial charge in [-0.3, -0.25) is 0 Å². The van der Waals surface area contributed by atoms with Crippen molar-refractivity contribution in [2.24, 2.45) is 0 Å². The van der Waals surface area contributed by atoms with Crippen LogP contribution in [0.15, 0.2) is 25.3 Å². The second-order valence-electron chi connectivity index (χ2n) is 5.01. The first-order chi connectivity index (χ1) is 10.5. The molecule has 0 unspecified atom stereocenters. The van der Waals surface area contributed by atoms with Gasteiger partial charge >= 0.3 is 16.4 Å². The van der Waals surface area contributed by atoms with Crippen molar-refractivity contribution in [2.75, 3.05) is 26.4 Å². The first kappa shape index (κ1) is 19.8. The van der Waals surface area contributed by atoms with Gasteiger partial charge in [-0.2, -0.15) is 0 Å². The molecule has 0 aromatic carbocycles. The molecule has 1 saturated heterocycles. The highest BCUT2D eigenvalue weighted by molar-refractivity contribution is 7.29. The van der Waals surface area contributed by atoms with E-state index in [4.69, 9.17) is 22.1 Å². The molecule has 1 rings (SSSR count). The number of rotatable bonds is 10. The first-order valence-electron chi connectivity index (χ1n) is 8.06. The molecule has 0 amide bonds. The summed E-state index contributed by atoms with van der Waals surface area (Å²) in [7, 11) is -5.88. The van der Waals surface area contributed by atoms with Crippen molar-refractivity contribution in [3.63, 3.8) is 0 Å². The smallest absolute Gasteiger partial charge is 0.392 e. The van der Waals surface area contributed by atoms with Crippen LogP contribution in [0.3, 0.4) is 0 Å².